The molecule has 4 rings (SSSR count). The molecule has 1 amide bonds. The van der Waals surface area contributed by atoms with Gasteiger partial charge in [-0.2, -0.15) is 0 Å². The predicted octanol–water partition coefficient (Wildman–Crippen LogP) is 5.85. The molecule has 5 heteroatoms. The Morgan fingerprint density at radius 3 is 2.39 bits per heavy atom. The lowest BCUT2D eigenvalue weighted by Gasteiger charge is -2.35. The second-order valence-corrected chi connectivity index (χ2v) is 11.9. The maximum Gasteiger partial charge on any atom is 0.222 e. The summed E-state index contributed by atoms with van der Waals surface area (Å²) < 4.78 is 5.79. The fraction of sp³-hybridized carbons (Fsp3) is 0.742. The molecule has 1 saturated carbocycles. The van der Waals surface area contributed by atoms with Crippen molar-refractivity contribution in [2.45, 2.75) is 89.9 Å². The lowest BCUT2D eigenvalue weighted by atomic mass is 9.77. The van der Waals surface area contributed by atoms with Crippen LogP contribution in [0.2, 0.25) is 0 Å². The summed E-state index contributed by atoms with van der Waals surface area (Å²) in [7, 11) is 3.50. The molecule has 0 aromatic heterocycles. The number of carbonyl (C=O) groups is 2. The first-order valence-corrected chi connectivity index (χ1v) is 14.6. The monoisotopic (exact) mass is 496 g/mol. The van der Waals surface area contributed by atoms with Crippen molar-refractivity contribution < 1.29 is 14.3 Å². The van der Waals surface area contributed by atoms with Crippen molar-refractivity contribution >= 4 is 11.7 Å². The van der Waals surface area contributed by atoms with Crippen molar-refractivity contribution in [1.82, 2.24) is 9.80 Å². The Kier molecular flexibility index (Phi) is 9.87. The minimum Gasteiger partial charge on any atom is -0.493 e. The van der Waals surface area contributed by atoms with Crippen LogP contribution >= 0.6 is 0 Å². The lowest BCUT2D eigenvalue weighted by molar-refractivity contribution is -0.131. The van der Waals surface area contributed by atoms with Gasteiger partial charge in [0.1, 0.15) is 11.5 Å². The standard InChI is InChI=1S/C31H48N2O3/c1-23(29(34)13-14-31(35)32(2)3)7-8-24-9-11-25(12-10-24)15-19-33-20-16-26(17-21-33)27-5-4-6-30-28(27)18-22-36-30/h4-6,23-26H,7-22H2,1-3H3. The van der Waals surface area contributed by atoms with E-state index in [0.29, 0.717) is 18.8 Å². The number of piperidine rings is 1. The molecule has 1 aromatic carbocycles. The summed E-state index contributed by atoms with van der Waals surface area (Å²) in [5.41, 5.74) is 3.03. The zero-order valence-corrected chi connectivity index (χ0v) is 23.0. The van der Waals surface area contributed by atoms with Crippen molar-refractivity contribution in [3.05, 3.63) is 29.3 Å². The highest BCUT2D eigenvalue weighted by Gasteiger charge is 2.27. The molecule has 200 valence electrons. The zero-order chi connectivity index (χ0) is 25.5. The Bertz CT molecular complexity index is 867. The van der Waals surface area contributed by atoms with Crippen molar-refractivity contribution in [2.75, 3.05) is 40.3 Å². The van der Waals surface area contributed by atoms with Crippen LogP contribution in [-0.2, 0) is 16.0 Å². The highest BCUT2D eigenvalue weighted by atomic mass is 16.5. The van der Waals surface area contributed by atoms with Crippen molar-refractivity contribution in [3.63, 3.8) is 0 Å². The number of fused-ring (bicyclic) bond motifs is 1. The number of benzene rings is 1. The number of Topliss-reactive ketones (excluding diaryl/α,β-unsaturated/α-hetero) is 1. The van der Waals surface area contributed by atoms with Gasteiger partial charge in [0.2, 0.25) is 5.91 Å². The minimum absolute atomic E-state index is 0.0488. The summed E-state index contributed by atoms with van der Waals surface area (Å²) in [4.78, 5) is 28.4. The molecule has 2 aliphatic heterocycles. The molecule has 1 aliphatic carbocycles. The maximum atomic E-state index is 12.4. The summed E-state index contributed by atoms with van der Waals surface area (Å²) >= 11 is 0. The van der Waals surface area contributed by atoms with Crippen LogP contribution in [-0.4, -0.2) is 61.8 Å². The smallest absolute Gasteiger partial charge is 0.222 e. The highest BCUT2D eigenvalue weighted by molar-refractivity contribution is 5.86. The molecule has 0 radical (unpaired) electrons. The first-order chi connectivity index (χ1) is 17.4. The fourth-order valence-corrected chi connectivity index (χ4v) is 6.62. The average molecular weight is 497 g/mol. The molecular formula is C31H48N2O3. The molecule has 5 nitrogen and oxygen atoms in total. The fourth-order valence-electron chi connectivity index (χ4n) is 6.62. The number of ketones is 1. The number of hydrogen-bond acceptors (Lipinski definition) is 4. The lowest BCUT2D eigenvalue weighted by Crippen LogP contribution is -2.35. The Labute approximate surface area is 218 Å². The van der Waals surface area contributed by atoms with Crippen LogP contribution in [0.25, 0.3) is 0 Å². The molecule has 1 unspecified atom stereocenters. The summed E-state index contributed by atoms with van der Waals surface area (Å²) in [5.74, 6) is 3.89. The third-order valence-corrected chi connectivity index (χ3v) is 9.27. The molecular weight excluding hydrogens is 448 g/mol. The molecule has 2 heterocycles. The van der Waals surface area contributed by atoms with Gasteiger partial charge in [-0.1, -0.05) is 44.7 Å². The van der Waals surface area contributed by atoms with E-state index in [1.54, 1.807) is 24.6 Å². The van der Waals surface area contributed by atoms with Gasteiger partial charge >= 0.3 is 0 Å². The minimum atomic E-state index is 0.0488. The van der Waals surface area contributed by atoms with Gasteiger partial charge in [-0.05, 0) is 81.1 Å². The molecule has 0 bridgehead atoms. The van der Waals surface area contributed by atoms with Crippen molar-refractivity contribution in [1.29, 1.82) is 0 Å². The molecule has 0 spiro atoms. The zero-order valence-electron chi connectivity index (χ0n) is 23.0. The van der Waals surface area contributed by atoms with Gasteiger partial charge in [0, 0.05) is 44.8 Å². The summed E-state index contributed by atoms with van der Waals surface area (Å²) in [5, 5.41) is 0. The molecule has 3 aliphatic rings. The Balaban J connectivity index is 1.08. The second kappa shape index (κ2) is 13.1. The predicted molar refractivity (Wildman–Crippen MR) is 145 cm³/mol. The number of ether oxygens (including phenoxy) is 1. The van der Waals surface area contributed by atoms with E-state index in [0.717, 1.165) is 37.0 Å². The first-order valence-electron chi connectivity index (χ1n) is 14.6. The van der Waals surface area contributed by atoms with Gasteiger partial charge in [0.25, 0.3) is 0 Å². The number of hydrogen-bond donors (Lipinski definition) is 0. The van der Waals surface area contributed by atoms with Crippen molar-refractivity contribution in [2.24, 2.45) is 17.8 Å². The highest BCUT2D eigenvalue weighted by Crippen LogP contribution is 2.38. The Morgan fingerprint density at radius 1 is 1.00 bits per heavy atom. The Hall–Kier alpha value is -1.88. The van der Waals surface area contributed by atoms with Crippen LogP contribution in [0.5, 0.6) is 5.75 Å². The maximum absolute atomic E-state index is 12.4. The Morgan fingerprint density at radius 2 is 1.69 bits per heavy atom. The summed E-state index contributed by atoms with van der Waals surface area (Å²) in [6.45, 7) is 6.63. The third-order valence-electron chi connectivity index (χ3n) is 9.27. The van der Waals surface area contributed by atoms with E-state index in [9.17, 15) is 9.59 Å². The van der Waals surface area contributed by atoms with Crippen LogP contribution in [0.1, 0.15) is 94.6 Å². The van der Waals surface area contributed by atoms with E-state index in [4.69, 9.17) is 4.74 Å². The van der Waals surface area contributed by atoms with Gasteiger partial charge in [0.05, 0.1) is 6.61 Å². The van der Waals surface area contributed by atoms with Crippen molar-refractivity contribution in [3.8, 4) is 5.75 Å². The van der Waals surface area contributed by atoms with E-state index >= 15 is 0 Å². The summed E-state index contributed by atoms with van der Waals surface area (Å²) in [6.07, 6.45) is 13.3. The van der Waals surface area contributed by atoms with E-state index in [1.807, 2.05) is 0 Å². The quantitative estimate of drug-likeness (QED) is 0.386. The normalized spacial score (nSPS) is 23.6. The number of likely N-dealkylation sites (tertiary alicyclic amines) is 1. The number of rotatable bonds is 11. The first kappa shape index (κ1) is 27.2. The van der Waals surface area contributed by atoms with Gasteiger partial charge in [-0.15, -0.1) is 0 Å². The largest absolute Gasteiger partial charge is 0.493 e. The van der Waals surface area contributed by atoms with E-state index in [1.165, 1.54) is 76.6 Å². The molecule has 1 atom stereocenters. The number of nitrogens with zero attached hydrogens (tertiary/aromatic N) is 2. The third kappa shape index (κ3) is 7.34. The van der Waals surface area contributed by atoms with Gasteiger partial charge in [0.15, 0.2) is 0 Å². The van der Waals surface area contributed by atoms with Gasteiger partial charge in [-0.3, -0.25) is 9.59 Å². The number of amides is 1. The van der Waals surface area contributed by atoms with Crippen LogP contribution in [0.15, 0.2) is 18.2 Å². The number of carbonyl (C=O) groups excluding carboxylic acids is 2. The van der Waals surface area contributed by atoms with Gasteiger partial charge < -0.3 is 14.5 Å². The summed E-state index contributed by atoms with van der Waals surface area (Å²) in [6, 6.07) is 6.65. The van der Waals surface area contributed by atoms with Gasteiger partial charge in [-0.25, -0.2) is 0 Å². The average Bonchev–Trinajstić information content (AvgIpc) is 3.39. The van der Waals surface area contributed by atoms with Crippen LogP contribution in [0.3, 0.4) is 0 Å². The van der Waals surface area contributed by atoms with Crippen LogP contribution in [0, 0.1) is 17.8 Å². The molecule has 36 heavy (non-hydrogen) atoms. The molecule has 2 fully saturated rings. The second-order valence-electron chi connectivity index (χ2n) is 11.9. The van der Waals surface area contributed by atoms with E-state index < -0.39 is 0 Å². The molecule has 1 aromatic rings. The topological polar surface area (TPSA) is 49.9 Å². The SMILES string of the molecule is CC(CCC1CCC(CCN2CCC(c3cccc4c3CCO4)CC2)CC1)C(=O)CCC(=O)N(C)C. The molecule has 1 saturated heterocycles. The van der Waals surface area contributed by atoms with E-state index in [2.05, 4.69) is 30.0 Å². The van der Waals surface area contributed by atoms with Crippen LogP contribution < -0.4 is 4.74 Å². The molecule has 0 N–H and O–H groups in total. The van der Waals surface area contributed by atoms with Crippen LogP contribution in [0.4, 0.5) is 0 Å². The van der Waals surface area contributed by atoms with E-state index in [-0.39, 0.29) is 17.6 Å².